The molecule has 1 amide bonds. The standard InChI is InChI=1S/C8H8N2O2S/c1-5-2-10-7(12)6(9-4-11)8(10)13-3-5/h2,6,8H,3H2,1H3. The first-order valence-corrected chi connectivity index (χ1v) is 4.97. The lowest BCUT2D eigenvalue weighted by Gasteiger charge is -2.44. The number of aliphatic imine (C=N–C) groups is 1. The van der Waals surface area contributed by atoms with Crippen LogP contribution in [0.3, 0.4) is 0 Å². The van der Waals surface area contributed by atoms with Crippen LogP contribution in [-0.4, -0.2) is 34.1 Å². The quantitative estimate of drug-likeness (QED) is 0.349. The molecule has 2 atom stereocenters. The molecular formula is C8H8N2O2S. The van der Waals surface area contributed by atoms with Gasteiger partial charge >= 0.3 is 0 Å². The summed E-state index contributed by atoms with van der Waals surface area (Å²) < 4.78 is 0. The van der Waals surface area contributed by atoms with E-state index in [1.54, 1.807) is 16.7 Å². The van der Waals surface area contributed by atoms with E-state index >= 15 is 0 Å². The fourth-order valence-electron chi connectivity index (χ4n) is 1.45. The number of nitrogens with zero attached hydrogens (tertiary/aromatic N) is 2. The predicted molar refractivity (Wildman–Crippen MR) is 48.8 cm³/mol. The number of β-lactam (4-membered cyclic amide) rings is 1. The minimum Gasteiger partial charge on any atom is -0.302 e. The molecule has 0 N–H and O–H groups in total. The van der Waals surface area contributed by atoms with Crippen molar-refractivity contribution in [2.75, 3.05) is 5.75 Å². The van der Waals surface area contributed by atoms with E-state index in [2.05, 4.69) is 4.99 Å². The molecule has 2 rings (SSSR count). The van der Waals surface area contributed by atoms with Crippen molar-refractivity contribution in [3.05, 3.63) is 11.8 Å². The summed E-state index contributed by atoms with van der Waals surface area (Å²) in [7, 11) is 0. The van der Waals surface area contributed by atoms with Gasteiger partial charge < -0.3 is 4.90 Å². The van der Waals surface area contributed by atoms with Gasteiger partial charge in [0, 0.05) is 12.0 Å². The van der Waals surface area contributed by atoms with Crippen LogP contribution in [0.15, 0.2) is 16.8 Å². The van der Waals surface area contributed by atoms with Crippen molar-refractivity contribution in [2.24, 2.45) is 4.99 Å². The molecule has 5 heteroatoms. The molecule has 0 radical (unpaired) electrons. The fraction of sp³-hybridized carbons (Fsp3) is 0.500. The maximum absolute atomic E-state index is 11.3. The Morgan fingerprint density at radius 1 is 1.77 bits per heavy atom. The molecule has 0 bridgehead atoms. The molecule has 0 aliphatic carbocycles. The highest BCUT2D eigenvalue weighted by molar-refractivity contribution is 8.00. The number of carbonyl (C=O) groups is 1. The summed E-state index contributed by atoms with van der Waals surface area (Å²) in [5.41, 5.74) is 1.17. The van der Waals surface area contributed by atoms with Crippen molar-refractivity contribution in [2.45, 2.75) is 18.3 Å². The second-order valence-electron chi connectivity index (χ2n) is 3.09. The molecule has 2 heterocycles. The van der Waals surface area contributed by atoms with Gasteiger partial charge in [0.15, 0.2) is 6.04 Å². The molecule has 0 spiro atoms. The highest BCUT2D eigenvalue weighted by Gasteiger charge is 2.48. The van der Waals surface area contributed by atoms with E-state index in [4.69, 9.17) is 0 Å². The van der Waals surface area contributed by atoms with Crippen LogP contribution >= 0.6 is 11.8 Å². The molecule has 2 aliphatic heterocycles. The number of isocyanates is 1. The van der Waals surface area contributed by atoms with Crippen LogP contribution in [-0.2, 0) is 9.59 Å². The predicted octanol–water partition coefficient (Wildman–Crippen LogP) is 0.510. The molecule has 1 saturated heterocycles. The number of rotatable bonds is 1. The van der Waals surface area contributed by atoms with Crippen molar-refractivity contribution < 1.29 is 9.59 Å². The Hall–Kier alpha value is -1.06. The van der Waals surface area contributed by atoms with Crippen LogP contribution in [0.2, 0.25) is 0 Å². The van der Waals surface area contributed by atoms with E-state index in [0.29, 0.717) is 0 Å². The van der Waals surface area contributed by atoms with Crippen LogP contribution in [0, 0.1) is 0 Å². The maximum Gasteiger partial charge on any atom is 0.256 e. The Morgan fingerprint density at radius 3 is 3.23 bits per heavy atom. The molecule has 4 nitrogen and oxygen atoms in total. The van der Waals surface area contributed by atoms with E-state index in [1.165, 1.54) is 11.7 Å². The lowest BCUT2D eigenvalue weighted by Crippen LogP contribution is -2.60. The van der Waals surface area contributed by atoms with Gasteiger partial charge in [-0.2, -0.15) is 4.99 Å². The summed E-state index contributed by atoms with van der Waals surface area (Å²) >= 11 is 1.64. The molecule has 0 aromatic rings. The Bertz CT molecular complexity index is 333. The molecule has 0 aromatic carbocycles. The number of fused-ring (bicyclic) bond motifs is 1. The van der Waals surface area contributed by atoms with E-state index in [-0.39, 0.29) is 11.3 Å². The van der Waals surface area contributed by atoms with Crippen molar-refractivity contribution in [3.63, 3.8) is 0 Å². The molecule has 0 saturated carbocycles. The third kappa shape index (κ3) is 1.20. The Balaban J connectivity index is 2.19. The summed E-state index contributed by atoms with van der Waals surface area (Å²) in [6.07, 6.45) is 3.27. The molecule has 13 heavy (non-hydrogen) atoms. The van der Waals surface area contributed by atoms with E-state index in [9.17, 15) is 9.59 Å². The number of hydrogen-bond donors (Lipinski definition) is 0. The van der Waals surface area contributed by atoms with E-state index in [1.807, 2.05) is 13.1 Å². The van der Waals surface area contributed by atoms with Crippen LogP contribution < -0.4 is 0 Å². The van der Waals surface area contributed by atoms with Crippen LogP contribution in [0.1, 0.15) is 6.92 Å². The lowest BCUT2D eigenvalue weighted by atomic mass is 10.1. The second-order valence-corrected chi connectivity index (χ2v) is 4.19. The van der Waals surface area contributed by atoms with Crippen molar-refractivity contribution in [1.82, 2.24) is 4.90 Å². The average molecular weight is 196 g/mol. The molecule has 68 valence electrons. The van der Waals surface area contributed by atoms with Gasteiger partial charge in [0.25, 0.3) is 5.91 Å². The maximum atomic E-state index is 11.3. The van der Waals surface area contributed by atoms with Crippen molar-refractivity contribution >= 4 is 23.7 Å². The highest BCUT2D eigenvalue weighted by atomic mass is 32.2. The number of carbonyl (C=O) groups excluding carboxylic acids is 2. The highest BCUT2D eigenvalue weighted by Crippen LogP contribution is 2.37. The second kappa shape index (κ2) is 3.01. The zero-order valence-corrected chi connectivity index (χ0v) is 7.87. The zero-order chi connectivity index (χ0) is 9.42. The summed E-state index contributed by atoms with van der Waals surface area (Å²) in [6.45, 7) is 1.98. The van der Waals surface area contributed by atoms with Gasteiger partial charge in [-0.25, -0.2) is 4.79 Å². The minimum absolute atomic E-state index is 0.0256. The molecule has 0 aromatic heterocycles. The van der Waals surface area contributed by atoms with Gasteiger partial charge in [0.05, 0.1) is 0 Å². The Labute approximate surface area is 79.7 Å². The van der Waals surface area contributed by atoms with Gasteiger partial charge in [-0.05, 0) is 12.5 Å². The third-order valence-electron chi connectivity index (χ3n) is 2.08. The minimum atomic E-state index is -0.494. The smallest absolute Gasteiger partial charge is 0.256 e. The number of thioether (sulfide) groups is 1. The number of hydrogen-bond acceptors (Lipinski definition) is 4. The third-order valence-corrected chi connectivity index (χ3v) is 3.53. The monoisotopic (exact) mass is 196 g/mol. The van der Waals surface area contributed by atoms with E-state index in [0.717, 1.165) is 5.75 Å². The summed E-state index contributed by atoms with van der Waals surface area (Å²) in [5.74, 6) is 0.805. The van der Waals surface area contributed by atoms with Crippen molar-refractivity contribution in [3.8, 4) is 0 Å². The average Bonchev–Trinajstić information content (AvgIpc) is 2.14. The summed E-state index contributed by atoms with van der Waals surface area (Å²) in [6, 6.07) is -0.494. The molecule has 2 unspecified atom stereocenters. The first kappa shape index (κ1) is 8.53. The van der Waals surface area contributed by atoms with Gasteiger partial charge in [0.1, 0.15) is 5.37 Å². The zero-order valence-electron chi connectivity index (χ0n) is 7.06. The topological polar surface area (TPSA) is 49.7 Å². The fourth-order valence-corrected chi connectivity index (χ4v) is 2.64. The van der Waals surface area contributed by atoms with E-state index < -0.39 is 6.04 Å². The SMILES string of the molecule is CC1=CN2C(=O)C(N=C=O)C2SC1. The van der Waals surface area contributed by atoms with Crippen LogP contribution in [0.4, 0.5) is 0 Å². The molecule has 2 aliphatic rings. The van der Waals surface area contributed by atoms with Gasteiger partial charge in [-0.1, -0.05) is 0 Å². The summed E-state index contributed by atoms with van der Waals surface area (Å²) in [5, 5.41) is 0.0256. The normalized spacial score (nSPS) is 31.3. The molecule has 1 fully saturated rings. The lowest BCUT2D eigenvalue weighted by molar-refractivity contribution is -0.140. The van der Waals surface area contributed by atoms with Gasteiger partial charge in [-0.3, -0.25) is 4.79 Å². The van der Waals surface area contributed by atoms with Crippen molar-refractivity contribution in [1.29, 1.82) is 0 Å². The van der Waals surface area contributed by atoms with Crippen LogP contribution in [0.25, 0.3) is 0 Å². The Kier molecular flexibility index (Phi) is 1.98. The largest absolute Gasteiger partial charge is 0.302 e. The van der Waals surface area contributed by atoms with Gasteiger partial charge in [-0.15, -0.1) is 11.8 Å². The van der Waals surface area contributed by atoms with Gasteiger partial charge in [0.2, 0.25) is 6.08 Å². The first-order valence-electron chi connectivity index (χ1n) is 3.92. The Morgan fingerprint density at radius 2 is 2.54 bits per heavy atom. The first-order chi connectivity index (χ1) is 6.24. The van der Waals surface area contributed by atoms with Crippen LogP contribution in [0.5, 0.6) is 0 Å². The summed E-state index contributed by atoms with van der Waals surface area (Å²) in [4.78, 5) is 26.4. The number of amides is 1. The molecular weight excluding hydrogens is 188 g/mol.